The first kappa shape index (κ1) is 29.0. The minimum atomic E-state index is -3.91. The number of sulfonamides is 1. The highest BCUT2D eigenvalue weighted by molar-refractivity contribution is 7.92. The zero-order valence-electron chi connectivity index (χ0n) is 21.9. The summed E-state index contributed by atoms with van der Waals surface area (Å²) in [7, 11) is -3.91. The Labute approximate surface area is 246 Å². The van der Waals surface area contributed by atoms with Gasteiger partial charge in [-0.2, -0.15) is 4.72 Å². The van der Waals surface area contributed by atoms with Crippen molar-refractivity contribution in [2.45, 2.75) is 37.8 Å². The van der Waals surface area contributed by atoms with E-state index in [1.54, 1.807) is 36.5 Å². The van der Waals surface area contributed by atoms with Crippen molar-refractivity contribution in [1.82, 2.24) is 19.5 Å². The monoisotopic (exact) mass is 617 g/mol. The normalized spacial score (nSPS) is 19.7. The Balaban J connectivity index is 1.18. The van der Waals surface area contributed by atoms with Gasteiger partial charge in [0.05, 0.1) is 17.1 Å². The molecule has 2 N–H and O–H groups in total. The number of carbonyl (C=O) groups is 3. The van der Waals surface area contributed by atoms with Crippen LogP contribution in [0.2, 0.25) is 4.34 Å². The maximum absolute atomic E-state index is 13.3. The van der Waals surface area contributed by atoms with Crippen LogP contribution in [0.25, 0.3) is 17.4 Å². The summed E-state index contributed by atoms with van der Waals surface area (Å²) in [6.45, 7) is 0.488. The summed E-state index contributed by atoms with van der Waals surface area (Å²) in [6.07, 6.45) is 6.32. The highest BCUT2D eigenvalue weighted by Crippen LogP contribution is 2.25. The first-order valence-electron chi connectivity index (χ1n) is 13.0. The molecule has 0 aliphatic carbocycles. The quantitative estimate of drug-likeness (QED) is 0.374. The number of amides is 3. The molecule has 216 valence electrons. The Hall–Kier alpha value is -3.52. The Morgan fingerprint density at radius 3 is 2.76 bits per heavy atom. The second-order valence-corrected chi connectivity index (χ2v) is 13.1. The molecule has 3 aromatic rings. The number of oxazole rings is 1. The predicted octanol–water partition coefficient (Wildman–Crippen LogP) is 3.57. The number of aromatic nitrogens is 1. The maximum Gasteiger partial charge on any atom is 0.247 e. The van der Waals surface area contributed by atoms with Gasteiger partial charge < -0.3 is 19.5 Å². The average Bonchev–Trinajstić information content (AvgIpc) is 3.72. The standard InChI is InChI=1S/C27H28ClN5O6S2/c28-24-9-8-20(40-24)10-13-41(37,38)31-21-6-2-11-32(27(21)36)16-25(34)33-12-3-7-22(33)26(35)30-19-5-1-4-18(14-19)23-15-29-17-39-23/h1,4-5,8-10,13-15,17,21-22,31H,2-3,6-7,11-12,16H2,(H,30,35)/b13-10+/t21-,22+/m0/s1. The van der Waals surface area contributed by atoms with E-state index in [1.807, 2.05) is 6.07 Å². The summed E-state index contributed by atoms with van der Waals surface area (Å²) < 4.78 is 33.5. The maximum atomic E-state index is 13.3. The molecule has 0 radical (unpaired) electrons. The Kier molecular flexibility index (Phi) is 8.88. The Bertz CT molecular complexity index is 1560. The molecule has 3 amide bonds. The van der Waals surface area contributed by atoms with Gasteiger partial charge in [0.2, 0.25) is 27.7 Å². The van der Waals surface area contributed by atoms with E-state index in [0.717, 1.165) is 11.0 Å². The number of benzene rings is 1. The number of hydrogen-bond acceptors (Lipinski definition) is 8. The molecule has 5 rings (SSSR count). The number of nitrogens with one attached hydrogen (secondary N) is 2. The second kappa shape index (κ2) is 12.6. The van der Waals surface area contributed by atoms with Crippen LogP contribution in [0.5, 0.6) is 0 Å². The van der Waals surface area contributed by atoms with E-state index in [2.05, 4.69) is 15.0 Å². The third kappa shape index (κ3) is 7.22. The molecule has 2 aliphatic rings. The molecule has 2 fully saturated rings. The van der Waals surface area contributed by atoms with E-state index >= 15 is 0 Å². The zero-order chi connectivity index (χ0) is 29.0. The Morgan fingerprint density at radius 1 is 1.17 bits per heavy atom. The van der Waals surface area contributed by atoms with Gasteiger partial charge in [0.25, 0.3) is 0 Å². The summed E-state index contributed by atoms with van der Waals surface area (Å²) >= 11 is 7.12. The van der Waals surface area contributed by atoms with Crippen molar-refractivity contribution < 1.29 is 27.2 Å². The van der Waals surface area contributed by atoms with Gasteiger partial charge in [0.15, 0.2) is 12.2 Å². The van der Waals surface area contributed by atoms with Gasteiger partial charge in [-0.3, -0.25) is 14.4 Å². The van der Waals surface area contributed by atoms with Crippen LogP contribution in [0.1, 0.15) is 30.6 Å². The zero-order valence-corrected chi connectivity index (χ0v) is 24.3. The fourth-order valence-corrected chi connectivity index (χ4v) is 7.01. The van der Waals surface area contributed by atoms with E-state index in [4.69, 9.17) is 16.0 Å². The highest BCUT2D eigenvalue weighted by atomic mass is 35.5. The minimum Gasteiger partial charge on any atom is -0.444 e. The lowest BCUT2D eigenvalue weighted by Crippen LogP contribution is -2.55. The van der Waals surface area contributed by atoms with Crippen molar-refractivity contribution in [2.24, 2.45) is 0 Å². The fourth-order valence-electron chi connectivity index (χ4n) is 4.94. The molecule has 2 aliphatic heterocycles. The van der Waals surface area contributed by atoms with E-state index in [1.165, 1.54) is 33.6 Å². The first-order valence-corrected chi connectivity index (χ1v) is 15.8. The van der Waals surface area contributed by atoms with E-state index < -0.39 is 28.0 Å². The van der Waals surface area contributed by atoms with Crippen LogP contribution >= 0.6 is 22.9 Å². The van der Waals surface area contributed by atoms with Crippen LogP contribution in [0.4, 0.5) is 5.69 Å². The largest absolute Gasteiger partial charge is 0.444 e. The van der Waals surface area contributed by atoms with Crippen LogP contribution in [-0.2, 0) is 24.4 Å². The first-order chi connectivity index (χ1) is 19.7. The molecule has 41 heavy (non-hydrogen) atoms. The van der Waals surface area contributed by atoms with Gasteiger partial charge in [-0.1, -0.05) is 23.7 Å². The van der Waals surface area contributed by atoms with Crippen molar-refractivity contribution >= 4 is 62.4 Å². The summed E-state index contributed by atoms with van der Waals surface area (Å²) in [6, 6.07) is 8.83. The number of piperidine rings is 1. The lowest BCUT2D eigenvalue weighted by molar-refractivity contribution is -0.144. The van der Waals surface area contributed by atoms with Gasteiger partial charge in [0.1, 0.15) is 12.1 Å². The molecule has 0 saturated carbocycles. The van der Waals surface area contributed by atoms with Crippen molar-refractivity contribution in [3.05, 3.63) is 63.6 Å². The number of rotatable bonds is 9. The van der Waals surface area contributed by atoms with Crippen LogP contribution < -0.4 is 10.0 Å². The van der Waals surface area contributed by atoms with Gasteiger partial charge >= 0.3 is 0 Å². The molecule has 2 saturated heterocycles. The van der Waals surface area contributed by atoms with Crippen LogP contribution in [0, 0.1) is 0 Å². The van der Waals surface area contributed by atoms with E-state index in [9.17, 15) is 22.8 Å². The lowest BCUT2D eigenvalue weighted by atomic mass is 10.1. The van der Waals surface area contributed by atoms with Gasteiger partial charge in [-0.25, -0.2) is 13.4 Å². The fraction of sp³-hybridized carbons (Fsp3) is 0.333. The molecule has 2 atom stereocenters. The van der Waals surface area contributed by atoms with Crippen LogP contribution in [0.3, 0.4) is 0 Å². The highest BCUT2D eigenvalue weighted by Gasteiger charge is 2.37. The predicted molar refractivity (Wildman–Crippen MR) is 155 cm³/mol. The number of anilines is 1. The topological polar surface area (TPSA) is 142 Å². The van der Waals surface area contributed by atoms with Crippen molar-refractivity contribution in [3.8, 4) is 11.3 Å². The average molecular weight is 618 g/mol. The molecule has 14 heteroatoms. The molecule has 0 spiro atoms. The summed E-state index contributed by atoms with van der Waals surface area (Å²) in [5.74, 6) is -0.580. The number of carbonyl (C=O) groups excluding carboxylic acids is 3. The number of hydrogen-bond donors (Lipinski definition) is 2. The van der Waals surface area contributed by atoms with E-state index in [-0.39, 0.29) is 18.4 Å². The number of thiophene rings is 1. The molecular formula is C27H28ClN5O6S2. The smallest absolute Gasteiger partial charge is 0.247 e. The summed E-state index contributed by atoms with van der Waals surface area (Å²) in [5, 5.41) is 3.88. The summed E-state index contributed by atoms with van der Waals surface area (Å²) in [4.78, 5) is 46.9. The minimum absolute atomic E-state index is 0.231. The summed E-state index contributed by atoms with van der Waals surface area (Å²) in [5.41, 5.74) is 1.31. The molecule has 0 unspecified atom stereocenters. The van der Waals surface area contributed by atoms with Gasteiger partial charge in [-0.05, 0) is 56.0 Å². The molecule has 0 bridgehead atoms. The number of nitrogens with zero attached hydrogens (tertiary/aromatic N) is 3. The second-order valence-electron chi connectivity index (χ2n) is 9.74. The lowest BCUT2D eigenvalue weighted by Gasteiger charge is -2.33. The number of halogens is 1. The van der Waals surface area contributed by atoms with Gasteiger partial charge in [-0.15, -0.1) is 11.3 Å². The van der Waals surface area contributed by atoms with Crippen molar-refractivity contribution in [1.29, 1.82) is 0 Å². The van der Waals surface area contributed by atoms with E-state index in [0.29, 0.717) is 59.4 Å². The Morgan fingerprint density at radius 2 is 2.00 bits per heavy atom. The third-order valence-corrected chi connectivity index (χ3v) is 9.20. The molecular weight excluding hydrogens is 590 g/mol. The number of likely N-dealkylation sites (tertiary alicyclic amines) is 2. The molecule has 11 nitrogen and oxygen atoms in total. The molecule has 4 heterocycles. The van der Waals surface area contributed by atoms with Crippen molar-refractivity contribution in [3.63, 3.8) is 0 Å². The molecule has 1 aromatic carbocycles. The van der Waals surface area contributed by atoms with Crippen LogP contribution in [-0.4, -0.2) is 72.6 Å². The van der Waals surface area contributed by atoms with Crippen LogP contribution in [0.15, 0.2) is 58.8 Å². The molecule has 2 aromatic heterocycles. The van der Waals surface area contributed by atoms with Crippen molar-refractivity contribution in [2.75, 3.05) is 25.0 Å². The van der Waals surface area contributed by atoms with Gasteiger partial charge in [0, 0.05) is 34.6 Å². The third-order valence-electron chi connectivity index (χ3n) is 6.89. The SMILES string of the molecule is O=C(Nc1cccc(-c2cnco2)c1)[C@H]1CCCN1C(=O)CN1CCC[C@H](NS(=O)(=O)/C=C/c2ccc(Cl)s2)C1=O.